The van der Waals surface area contributed by atoms with Gasteiger partial charge in [-0.15, -0.1) is 0 Å². The Morgan fingerprint density at radius 2 is 1.80 bits per heavy atom. The summed E-state index contributed by atoms with van der Waals surface area (Å²) in [4.78, 5) is 13.6. The third kappa shape index (κ3) is 5.76. The second-order valence-electron chi connectivity index (χ2n) is 6.47. The molecule has 1 aliphatic rings. The zero-order valence-corrected chi connectivity index (χ0v) is 15.0. The molecule has 4 nitrogen and oxygen atoms in total. The van der Waals surface area contributed by atoms with Crippen LogP contribution in [-0.2, 0) is 17.9 Å². The first-order valence-electron chi connectivity index (χ1n) is 8.75. The van der Waals surface area contributed by atoms with Crippen molar-refractivity contribution >= 4 is 17.5 Å². The molecule has 0 spiro atoms. The zero-order chi connectivity index (χ0) is 17.5. The predicted octanol–water partition coefficient (Wildman–Crippen LogP) is 2.21. The maximum absolute atomic E-state index is 11.9. The second-order valence-corrected chi connectivity index (χ2v) is 6.91. The molecule has 0 saturated carbocycles. The summed E-state index contributed by atoms with van der Waals surface area (Å²) in [5.74, 6) is 0.446. The van der Waals surface area contributed by atoms with Crippen LogP contribution in [0.25, 0.3) is 0 Å². The first-order valence-corrected chi connectivity index (χ1v) is 9.13. The molecule has 0 unspecified atom stereocenters. The average molecular weight is 360 g/mol. The van der Waals surface area contributed by atoms with Gasteiger partial charge in [0, 0.05) is 30.0 Å². The number of halogens is 1. The van der Waals surface area contributed by atoms with Gasteiger partial charge in [-0.05, 0) is 23.8 Å². The number of quaternary nitrogens is 1. The summed E-state index contributed by atoms with van der Waals surface area (Å²) in [7, 11) is 0. The van der Waals surface area contributed by atoms with Gasteiger partial charge in [0.05, 0.1) is 13.1 Å². The lowest BCUT2D eigenvalue weighted by Crippen LogP contribution is -3.08. The van der Waals surface area contributed by atoms with Crippen molar-refractivity contribution in [2.45, 2.75) is 25.9 Å². The molecule has 132 valence electrons. The molecule has 1 fully saturated rings. The van der Waals surface area contributed by atoms with E-state index in [-0.39, 0.29) is 12.5 Å². The van der Waals surface area contributed by atoms with Crippen LogP contribution in [0.15, 0.2) is 48.5 Å². The lowest BCUT2D eigenvalue weighted by molar-refractivity contribution is -0.901. The Balaban J connectivity index is 1.40. The summed E-state index contributed by atoms with van der Waals surface area (Å²) < 4.78 is 5.43. The Labute approximate surface area is 153 Å². The van der Waals surface area contributed by atoms with E-state index in [0.717, 1.165) is 12.1 Å². The van der Waals surface area contributed by atoms with E-state index in [1.165, 1.54) is 31.5 Å². The van der Waals surface area contributed by atoms with Crippen molar-refractivity contribution in [2.24, 2.45) is 0 Å². The van der Waals surface area contributed by atoms with Crippen LogP contribution in [0.2, 0.25) is 5.02 Å². The van der Waals surface area contributed by atoms with Crippen molar-refractivity contribution in [3.63, 3.8) is 0 Å². The van der Waals surface area contributed by atoms with Gasteiger partial charge in [0.25, 0.3) is 5.91 Å². The number of ether oxygens (including phenoxy) is 1. The van der Waals surface area contributed by atoms with Crippen LogP contribution in [0.5, 0.6) is 5.75 Å². The number of likely N-dealkylation sites (tertiary alicyclic amines) is 1. The number of amides is 1. The molecule has 0 bridgehead atoms. The number of hydrogen-bond acceptors (Lipinski definition) is 2. The van der Waals surface area contributed by atoms with Gasteiger partial charge < -0.3 is 15.0 Å². The number of nitrogens with one attached hydrogen (secondary N) is 2. The smallest absolute Gasteiger partial charge is 0.258 e. The van der Waals surface area contributed by atoms with Crippen molar-refractivity contribution < 1.29 is 14.4 Å². The fraction of sp³-hybridized carbons (Fsp3) is 0.350. The van der Waals surface area contributed by atoms with Gasteiger partial charge in [0.15, 0.2) is 6.61 Å². The molecule has 25 heavy (non-hydrogen) atoms. The maximum Gasteiger partial charge on any atom is 0.258 e. The second kappa shape index (κ2) is 8.88. The average Bonchev–Trinajstić information content (AvgIpc) is 3.12. The van der Waals surface area contributed by atoms with E-state index in [1.54, 1.807) is 29.2 Å². The standard InChI is InChI=1S/C20H23ClN2O2/c21-18-4-3-5-19(12-18)25-15-20(24)22-13-16-6-8-17(9-7-16)14-23-10-1-2-11-23/h3-9,12H,1-2,10-11,13-15H2,(H,22,24)/p+1. The molecule has 1 saturated heterocycles. The Hall–Kier alpha value is -2.04. The third-order valence-electron chi connectivity index (χ3n) is 4.44. The molecule has 1 aliphatic heterocycles. The van der Waals surface area contributed by atoms with E-state index in [9.17, 15) is 4.79 Å². The highest BCUT2D eigenvalue weighted by atomic mass is 35.5. The minimum absolute atomic E-state index is 0.0171. The van der Waals surface area contributed by atoms with Crippen molar-refractivity contribution in [3.8, 4) is 5.75 Å². The summed E-state index contributed by atoms with van der Waals surface area (Å²) in [6.45, 7) is 4.15. The van der Waals surface area contributed by atoms with Crippen LogP contribution < -0.4 is 15.0 Å². The van der Waals surface area contributed by atoms with Crippen LogP contribution in [0.4, 0.5) is 0 Å². The number of carbonyl (C=O) groups is 1. The Kier molecular flexibility index (Phi) is 6.31. The molecular weight excluding hydrogens is 336 g/mol. The molecule has 2 aromatic rings. The van der Waals surface area contributed by atoms with Crippen molar-refractivity contribution in [2.75, 3.05) is 19.7 Å². The van der Waals surface area contributed by atoms with E-state index in [2.05, 4.69) is 29.6 Å². The Bertz CT molecular complexity index is 697. The highest BCUT2D eigenvalue weighted by Gasteiger charge is 2.15. The lowest BCUT2D eigenvalue weighted by atomic mass is 10.1. The molecule has 2 aromatic carbocycles. The van der Waals surface area contributed by atoms with Crippen molar-refractivity contribution in [3.05, 3.63) is 64.7 Å². The Morgan fingerprint density at radius 1 is 1.08 bits per heavy atom. The van der Waals surface area contributed by atoms with Gasteiger partial charge in [0.1, 0.15) is 12.3 Å². The van der Waals surface area contributed by atoms with Gasteiger partial charge >= 0.3 is 0 Å². The van der Waals surface area contributed by atoms with E-state index in [0.29, 0.717) is 17.3 Å². The van der Waals surface area contributed by atoms with E-state index in [1.807, 2.05) is 0 Å². The van der Waals surface area contributed by atoms with Gasteiger partial charge in [-0.3, -0.25) is 4.79 Å². The number of carbonyl (C=O) groups excluding carboxylic acids is 1. The van der Waals surface area contributed by atoms with Crippen LogP contribution in [0.1, 0.15) is 24.0 Å². The highest BCUT2D eigenvalue weighted by Crippen LogP contribution is 2.16. The minimum Gasteiger partial charge on any atom is -0.484 e. The summed E-state index contributed by atoms with van der Waals surface area (Å²) in [5, 5.41) is 3.47. The molecule has 1 amide bonds. The SMILES string of the molecule is O=C(COc1cccc(Cl)c1)NCc1ccc(C[NH+]2CCCC2)cc1. The monoisotopic (exact) mass is 359 g/mol. The van der Waals surface area contributed by atoms with Crippen LogP contribution in [-0.4, -0.2) is 25.6 Å². The van der Waals surface area contributed by atoms with Crippen LogP contribution >= 0.6 is 11.6 Å². The number of benzene rings is 2. The largest absolute Gasteiger partial charge is 0.484 e. The fourth-order valence-electron chi connectivity index (χ4n) is 3.07. The van der Waals surface area contributed by atoms with Crippen LogP contribution in [0, 0.1) is 0 Å². The molecule has 1 heterocycles. The number of hydrogen-bond donors (Lipinski definition) is 2. The first kappa shape index (κ1) is 17.8. The Morgan fingerprint density at radius 3 is 2.52 bits per heavy atom. The van der Waals surface area contributed by atoms with Gasteiger partial charge in [-0.2, -0.15) is 0 Å². The fourth-order valence-corrected chi connectivity index (χ4v) is 3.25. The topological polar surface area (TPSA) is 42.8 Å². The summed E-state index contributed by atoms with van der Waals surface area (Å²) in [5.41, 5.74) is 2.45. The third-order valence-corrected chi connectivity index (χ3v) is 4.68. The van der Waals surface area contributed by atoms with Gasteiger partial charge in [0.2, 0.25) is 0 Å². The quantitative estimate of drug-likeness (QED) is 0.796. The highest BCUT2D eigenvalue weighted by molar-refractivity contribution is 6.30. The van der Waals surface area contributed by atoms with E-state index < -0.39 is 0 Å². The van der Waals surface area contributed by atoms with E-state index in [4.69, 9.17) is 16.3 Å². The molecule has 2 N–H and O–H groups in total. The summed E-state index contributed by atoms with van der Waals surface area (Å²) in [6.07, 6.45) is 2.69. The molecule has 0 aromatic heterocycles. The van der Waals surface area contributed by atoms with Gasteiger partial charge in [-0.1, -0.05) is 41.9 Å². The normalized spacial score (nSPS) is 14.4. The minimum atomic E-state index is -0.148. The zero-order valence-electron chi connectivity index (χ0n) is 14.3. The molecule has 3 rings (SSSR count). The molecular formula is C20H24ClN2O2+. The molecule has 0 aliphatic carbocycles. The van der Waals surface area contributed by atoms with Crippen molar-refractivity contribution in [1.29, 1.82) is 0 Å². The van der Waals surface area contributed by atoms with E-state index >= 15 is 0 Å². The number of rotatable bonds is 7. The summed E-state index contributed by atoms with van der Waals surface area (Å²) >= 11 is 5.89. The maximum atomic E-state index is 11.9. The summed E-state index contributed by atoms with van der Waals surface area (Å²) in [6, 6.07) is 15.5. The van der Waals surface area contributed by atoms with Gasteiger partial charge in [-0.25, -0.2) is 0 Å². The van der Waals surface area contributed by atoms with Crippen LogP contribution in [0.3, 0.4) is 0 Å². The predicted molar refractivity (Wildman–Crippen MR) is 98.9 cm³/mol. The molecule has 5 heteroatoms. The molecule has 0 atom stereocenters. The lowest BCUT2D eigenvalue weighted by Gasteiger charge is -2.12. The first-order chi connectivity index (χ1) is 12.2. The van der Waals surface area contributed by atoms with Crippen molar-refractivity contribution in [1.82, 2.24) is 5.32 Å². The molecule has 0 radical (unpaired) electrons.